The van der Waals surface area contributed by atoms with Gasteiger partial charge in [-0.1, -0.05) is 11.6 Å². The highest BCUT2D eigenvalue weighted by atomic mass is 35.5. The number of hydrogen-bond acceptors (Lipinski definition) is 5. The van der Waals surface area contributed by atoms with Crippen molar-refractivity contribution in [2.75, 3.05) is 17.7 Å². The lowest BCUT2D eigenvalue weighted by molar-refractivity contribution is -0.123. The fourth-order valence-electron chi connectivity index (χ4n) is 2.67. The maximum atomic E-state index is 12.0. The predicted octanol–water partition coefficient (Wildman–Crippen LogP) is 3.70. The van der Waals surface area contributed by atoms with Crippen molar-refractivity contribution in [3.63, 3.8) is 0 Å². The van der Waals surface area contributed by atoms with E-state index in [-0.39, 0.29) is 18.2 Å². The van der Waals surface area contributed by atoms with Gasteiger partial charge in [-0.15, -0.1) is 11.8 Å². The van der Waals surface area contributed by atoms with Crippen LogP contribution < -0.4 is 20.7 Å². The van der Waals surface area contributed by atoms with Crippen LogP contribution in [-0.4, -0.2) is 30.6 Å². The topological polar surface area (TPSA) is 62.4 Å². The summed E-state index contributed by atoms with van der Waals surface area (Å²) < 4.78 is 5.44. The molecule has 138 valence electrons. The fourth-order valence-corrected chi connectivity index (χ4v) is 3.74. The Morgan fingerprint density at radius 3 is 2.62 bits per heavy atom. The number of rotatable bonds is 7. The highest BCUT2D eigenvalue weighted by molar-refractivity contribution is 7.99. The molecular weight excluding hydrogens is 370 g/mol. The molecule has 0 aliphatic carbocycles. The molecule has 0 radical (unpaired) electrons. The first-order chi connectivity index (χ1) is 12.6. The number of nitrogens with one attached hydrogen (secondary N) is 3. The van der Waals surface area contributed by atoms with Crippen molar-refractivity contribution in [1.82, 2.24) is 10.6 Å². The molecule has 3 N–H and O–H groups in total. The number of ether oxygens (including phenoxy) is 1. The summed E-state index contributed by atoms with van der Waals surface area (Å²) in [7, 11) is 0. The molecule has 1 amide bonds. The number of carbonyl (C=O) groups excluding carboxylic acids is 1. The minimum atomic E-state index is -0.301. The largest absolute Gasteiger partial charge is 0.494 e. The first kappa shape index (κ1) is 18.9. The first-order valence-electron chi connectivity index (χ1n) is 8.55. The summed E-state index contributed by atoms with van der Waals surface area (Å²) in [5.74, 6) is 1.67. The molecule has 26 heavy (non-hydrogen) atoms. The molecule has 2 unspecified atom stereocenters. The molecule has 2 atom stereocenters. The van der Waals surface area contributed by atoms with Crippen LogP contribution in [-0.2, 0) is 4.79 Å². The van der Waals surface area contributed by atoms with Gasteiger partial charge in [-0.2, -0.15) is 0 Å². The predicted molar refractivity (Wildman–Crippen MR) is 107 cm³/mol. The molecule has 2 aromatic rings. The first-order valence-corrected chi connectivity index (χ1v) is 9.92. The van der Waals surface area contributed by atoms with Crippen molar-refractivity contribution < 1.29 is 9.53 Å². The summed E-state index contributed by atoms with van der Waals surface area (Å²) in [6, 6.07) is 15.5. The van der Waals surface area contributed by atoms with E-state index in [0.717, 1.165) is 27.1 Å². The van der Waals surface area contributed by atoms with Gasteiger partial charge in [-0.05, 0) is 55.5 Å². The lowest BCUT2D eigenvalue weighted by Gasteiger charge is -2.32. The van der Waals surface area contributed by atoms with Gasteiger partial charge in [-0.25, -0.2) is 0 Å². The molecule has 3 rings (SSSR count). The molecule has 0 spiro atoms. The zero-order chi connectivity index (χ0) is 18.4. The van der Waals surface area contributed by atoms with E-state index < -0.39 is 0 Å². The number of anilines is 1. The molecule has 2 aromatic carbocycles. The summed E-state index contributed by atoms with van der Waals surface area (Å²) in [4.78, 5) is 13.2. The fraction of sp³-hybridized carbons (Fsp3) is 0.316. The number of benzene rings is 2. The maximum absolute atomic E-state index is 12.0. The number of carbonyl (C=O) groups is 1. The quantitative estimate of drug-likeness (QED) is 0.628. The zero-order valence-electron chi connectivity index (χ0n) is 14.5. The minimum Gasteiger partial charge on any atom is -0.494 e. The molecule has 1 heterocycles. The SMILES string of the molecule is CCOc1ccc(NC2NC(=O)CC(CSc3ccc(Cl)cc3)N2)cc1. The van der Waals surface area contributed by atoms with Crippen LogP contribution in [0.5, 0.6) is 5.75 Å². The van der Waals surface area contributed by atoms with Gasteiger partial charge < -0.3 is 15.4 Å². The Balaban J connectivity index is 1.53. The van der Waals surface area contributed by atoms with Gasteiger partial charge in [0.05, 0.1) is 6.61 Å². The van der Waals surface area contributed by atoms with Crippen molar-refractivity contribution in [2.24, 2.45) is 0 Å². The lowest BCUT2D eigenvalue weighted by atomic mass is 10.2. The van der Waals surface area contributed by atoms with Gasteiger partial charge in [0.2, 0.25) is 5.91 Å². The Hall–Kier alpha value is -1.89. The molecule has 0 saturated carbocycles. The summed E-state index contributed by atoms with van der Waals surface area (Å²) in [5.41, 5.74) is 0.914. The van der Waals surface area contributed by atoms with Gasteiger partial charge in [0.15, 0.2) is 6.29 Å². The van der Waals surface area contributed by atoms with Crippen molar-refractivity contribution in [3.8, 4) is 5.75 Å². The van der Waals surface area contributed by atoms with Crippen LogP contribution in [0, 0.1) is 0 Å². The van der Waals surface area contributed by atoms with E-state index in [9.17, 15) is 4.79 Å². The highest BCUT2D eigenvalue weighted by Crippen LogP contribution is 2.23. The molecule has 1 fully saturated rings. The standard InChI is InChI=1S/C19H22ClN3O2S/c1-2-25-16-7-5-14(6-8-16)21-19-22-15(11-18(24)23-19)12-26-17-9-3-13(20)4-10-17/h3-10,15,19,21-22H,2,11-12H2,1H3,(H,23,24). The second kappa shape index (κ2) is 9.16. The van der Waals surface area contributed by atoms with Gasteiger partial charge in [-0.3, -0.25) is 10.1 Å². The number of hydrogen-bond donors (Lipinski definition) is 3. The molecule has 1 aliphatic heterocycles. The van der Waals surface area contributed by atoms with Crippen molar-refractivity contribution >= 4 is 35.0 Å². The average Bonchev–Trinajstić information content (AvgIpc) is 2.63. The van der Waals surface area contributed by atoms with Crippen LogP contribution in [0.3, 0.4) is 0 Å². The normalized spacial score (nSPS) is 19.7. The van der Waals surface area contributed by atoms with Crippen LogP contribution in [0.15, 0.2) is 53.4 Å². The van der Waals surface area contributed by atoms with Gasteiger partial charge in [0.1, 0.15) is 5.75 Å². The van der Waals surface area contributed by atoms with Crippen LogP contribution in [0.1, 0.15) is 13.3 Å². The van der Waals surface area contributed by atoms with Crippen LogP contribution in [0.2, 0.25) is 5.02 Å². The monoisotopic (exact) mass is 391 g/mol. The lowest BCUT2D eigenvalue weighted by Crippen LogP contribution is -2.60. The summed E-state index contributed by atoms with van der Waals surface area (Å²) >= 11 is 7.62. The molecule has 1 saturated heterocycles. The third kappa shape index (κ3) is 5.56. The Labute approximate surface area is 162 Å². The number of thioether (sulfide) groups is 1. The summed E-state index contributed by atoms with van der Waals surface area (Å²) in [6.07, 6.45) is 0.159. The molecule has 7 heteroatoms. The van der Waals surface area contributed by atoms with E-state index in [1.54, 1.807) is 11.8 Å². The Morgan fingerprint density at radius 2 is 1.92 bits per heavy atom. The van der Waals surface area contributed by atoms with E-state index in [4.69, 9.17) is 16.3 Å². The second-order valence-corrected chi connectivity index (χ2v) is 7.46. The maximum Gasteiger partial charge on any atom is 0.224 e. The summed E-state index contributed by atoms with van der Waals surface area (Å²) in [6.45, 7) is 2.59. The average molecular weight is 392 g/mol. The molecule has 5 nitrogen and oxygen atoms in total. The number of amides is 1. The third-order valence-corrected chi connectivity index (χ3v) is 5.31. The van der Waals surface area contributed by atoms with Crippen LogP contribution in [0.25, 0.3) is 0 Å². The van der Waals surface area contributed by atoms with E-state index in [0.29, 0.717) is 13.0 Å². The van der Waals surface area contributed by atoms with Crippen LogP contribution in [0.4, 0.5) is 5.69 Å². The Morgan fingerprint density at radius 1 is 1.19 bits per heavy atom. The highest BCUT2D eigenvalue weighted by Gasteiger charge is 2.25. The van der Waals surface area contributed by atoms with E-state index in [1.807, 2.05) is 55.5 Å². The third-order valence-electron chi connectivity index (χ3n) is 3.88. The van der Waals surface area contributed by atoms with E-state index in [2.05, 4.69) is 16.0 Å². The Kier molecular flexibility index (Phi) is 6.66. The van der Waals surface area contributed by atoms with Crippen molar-refractivity contribution in [3.05, 3.63) is 53.6 Å². The summed E-state index contributed by atoms with van der Waals surface area (Å²) in [5, 5.41) is 10.4. The molecular formula is C19H22ClN3O2S. The molecule has 0 aromatic heterocycles. The Bertz CT molecular complexity index is 725. The van der Waals surface area contributed by atoms with Crippen molar-refractivity contribution in [1.29, 1.82) is 0 Å². The smallest absolute Gasteiger partial charge is 0.224 e. The van der Waals surface area contributed by atoms with E-state index >= 15 is 0 Å². The van der Waals surface area contributed by atoms with Crippen LogP contribution >= 0.6 is 23.4 Å². The molecule has 0 bridgehead atoms. The minimum absolute atomic E-state index is 0.0360. The zero-order valence-corrected chi connectivity index (χ0v) is 16.1. The van der Waals surface area contributed by atoms with Crippen molar-refractivity contribution in [2.45, 2.75) is 30.6 Å². The molecule has 1 aliphatic rings. The second-order valence-electron chi connectivity index (χ2n) is 5.93. The van der Waals surface area contributed by atoms with Gasteiger partial charge in [0.25, 0.3) is 0 Å². The number of halogens is 1. The van der Waals surface area contributed by atoms with Gasteiger partial charge >= 0.3 is 0 Å². The van der Waals surface area contributed by atoms with Gasteiger partial charge in [0, 0.05) is 33.8 Å². The van der Waals surface area contributed by atoms with E-state index in [1.165, 1.54) is 0 Å².